The SMILES string of the molecule is CNC(=O)c1ccc(CNCCCn2ccnc2)cc1. The van der Waals surface area contributed by atoms with E-state index >= 15 is 0 Å². The third-order valence-corrected chi connectivity index (χ3v) is 3.10. The predicted molar refractivity (Wildman–Crippen MR) is 78.4 cm³/mol. The number of nitrogens with zero attached hydrogens (tertiary/aromatic N) is 2. The summed E-state index contributed by atoms with van der Waals surface area (Å²) in [6, 6.07) is 7.66. The fourth-order valence-corrected chi connectivity index (χ4v) is 1.96. The van der Waals surface area contributed by atoms with E-state index < -0.39 is 0 Å². The van der Waals surface area contributed by atoms with Crippen LogP contribution in [0.3, 0.4) is 0 Å². The average Bonchev–Trinajstić information content (AvgIpc) is 3.00. The molecule has 0 aliphatic rings. The molecule has 20 heavy (non-hydrogen) atoms. The number of aromatic nitrogens is 2. The lowest BCUT2D eigenvalue weighted by Gasteiger charge is -2.06. The number of amides is 1. The molecule has 1 amide bonds. The Morgan fingerprint density at radius 3 is 2.75 bits per heavy atom. The van der Waals surface area contributed by atoms with Crippen molar-refractivity contribution in [2.75, 3.05) is 13.6 Å². The quantitative estimate of drug-likeness (QED) is 0.750. The monoisotopic (exact) mass is 272 g/mol. The zero-order valence-corrected chi connectivity index (χ0v) is 11.7. The molecule has 0 atom stereocenters. The van der Waals surface area contributed by atoms with Crippen molar-refractivity contribution in [3.63, 3.8) is 0 Å². The van der Waals surface area contributed by atoms with Crippen LogP contribution in [0.25, 0.3) is 0 Å². The minimum absolute atomic E-state index is 0.0511. The van der Waals surface area contributed by atoms with Gasteiger partial charge in [0.1, 0.15) is 0 Å². The predicted octanol–water partition coefficient (Wildman–Crippen LogP) is 1.42. The van der Waals surface area contributed by atoms with E-state index in [0.717, 1.165) is 26.1 Å². The van der Waals surface area contributed by atoms with E-state index in [1.165, 1.54) is 5.56 Å². The van der Waals surface area contributed by atoms with Gasteiger partial charge in [0.25, 0.3) is 5.91 Å². The summed E-state index contributed by atoms with van der Waals surface area (Å²) in [5, 5.41) is 6.00. The van der Waals surface area contributed by atoms with Gasteiger partial charge >= 0.3 is 0 Å². The first kappa shape index (κ1) is 14.3. The highest BCUT2D eigenvalue weighted by Crippen LogP contribution is 2.04. The van der Waals surface area contributed by atoms with Crippen LogP contribution in [0.1, 0.15) is 22.3 Å². The van der Waals surface area contributed by atoms with Crippen LogP contribution in [-0.2, 0) is 13.1 Å². The van der Waals surface area contributed by atoms with Crippen molar-refractivity contribution in [1.82, 2.24) is 20.2 Å². The van der Waals surface area contributed by atoms with Crippen LogP contribution in [-0.4, -0.2) is 29.1 Å². The van der Waals surface area contributed by atoms with E-state index in [2.05, 4.69) is 20.2 Å². The number of hydrogen-bond donors (Lipinski definition) is 2. The first-order valence-corrected chi connectivity index (χ1v) is 6.77. The minimum Gasteiger partial charge on any atom is -0.355 e. The van der Waals surface area contributed by atoms with Crippen molar-refractivity contribution in [3.8, 4) is 0 Å². The second-order valence-corrected chi connectivity index (χ2v) is 4.61. The van der Waals surface area contributed by atoms with Gasteiger partial charge in [0.2, 0.25) is 0 Å². The Labute approximate surface area is 119 Å². The van der Waals surface area contributed by atoms with E-state index in [4.69, 9.17) is 0 Å². The highest BCUT2D eigenvalue weighted by molar-refractivity contribution is 5.93. The molecule has 0 saturated carbocycles. The van der Waals surface area contributed by atoms with Crippen LogP contribution < -0.4 is 10.6 Å². The minimum atomic E-state index is -0.0511. The van der Waals surface area contributed by atoms with E-state index in [1.54, 1.807) is 13.2 Å². The number of rotatable bonds is 7. The van der Waals surface area contributed by atoms with Gasteiger partial charge in [-0.25, -0.2) is 4.98 Å². The third kappa shape index (κ3) is 4.20. The summed E-state index contributed by atoms with van der Waals surface area (Å²) < 4.78 is 2.07. The third-order valence-electron chi connectivity index (χ3n) is 3.10. The Bertz CT molecular complexity index is 519. The van der Waals surface area contributed by atoms with Gasteiger partial charge in [0.15, 0.2) is 0 Å². The van der Waals surface area contributed by atoms with Crippen molar-refractivity contribution < 1.29 is 4.79 Å². The molecule has 2 rings (SSSR count). The Hall–Kier alpha value is -2.14. The molecule has 5 nitrogen and oxygen atoms in total. The lowest BCUT2D eigenvalue weighted by molar-refractivity contribution is 0.0963. The van der Waals surface area contributed by atoms with Crippen molar-refractivity contribution in [2.45, 2.75) is 19.5 Å². The van der Waals surface area contributed by atoms with Crippen LogP contribution in [0, 0.1) is 0 Å². The van der Waals surface area contributed by atoms with Crippen LogP contribution in [0.15, 0.2) is 43.0 Å². The normalized spacial score (nSPS) is 10.4. The van der Waals surface area contributed by atoms with E-state index in [-0.39, 0.29) is 5.91 Å². The molecule has 1 heterocycles. The molecule has 0 fully saturated rings. The fourth-order valence-electron chi connectivity index (χ4n) is 1.96. The zero-order valence-electron chi connectivity index (χ0n) is 11.7. The Kier molecular flexibility index (Phi) is 5.32. The molecule has 1 aromatic carbocycles. The van der Waals surface area contributed by atoms with E-state index in [9.17, 15) is 4.79 Å². The maximum absolute atomic E-state index is 11.4. The number of hydrogen-bond acceptors (Lipinski definition) is 3. The lowest BCUT2D eigenvalue weighted by atomic mass is 10.1. The van der Waals surface area contributed by atoms with Gasteiger partial charge in [0.05, 0.1) is 6.33 Å². The molecular weight excluding hydrogens is 252 g/mol. The smallest absolute Gasteiger partial charge is 0.251 e. The maximum Gasteiger partial charge on any atom is 0.251 e. The van der Waals surface area contributed by atoms with E-state index in [1.807, 2.05) is 36.8 Å². The molecule has 0 spiro atoms. The second-order valence-electron chi connectivity index (χ2n) is 4.61. The molecule has 0 unspecified atom stereocenters. The summed E-state index contributed by atoms with van der Waals surface area (Å²) in [4.78, 5) is 15.4. The number of nitrogens with one attached hydrogen (secondary N) is 2. The lowest BCUT2D eigenvalue weighted by Crippen LogP contribution is -2.18. The van der Waals surface area contributed by atoms with Gasteiger partial charge < -0.3 is 15.2 Å². The van der Waals surface area contributed by atoms with E-state index in [0.29, 0.717) is 5.56 Å². The maximum atomic E-state index is 11.4. The molecule has 0 radical (unpaired) electrons. The van der Waals surface area contributed by atoms with Gasteiger partial charge in [-0.15, -0.1) is 0 Å². The van der Waals surface area contributed by atoms with Crippen molar-refractivity contribution >= 4 is 5.91 Å². The Morgan fingerprint density at radius 2 is 2.10 bits per heavy atom. The van der Waals surface area contributed by atoms with Crippen LogP contribution >= 0.6 is 0 Å². The Balaban J connectivity index is 1.67. The van der Waals surface area contributed by atoms with Crippen molar-refractivity contribution in [2.24, 2.45) is 0 Å². The van der Waals surface area contributed by atoms with Crippen LogP contribution in [0.5, 0.6) is 0 Å². The standard InChI is InChI=1S/C15H20N4O/c1-16-15(20)14-5-3-13(4-6-14)11-17-7-2-9-19-10-8-18-12-19/h3-6,8,10,12,17H,2,7,9,11H2,1H3,(H,16,20). The molecule has 5 heteroatoms. The summed E-state index contributed by atoms with van der Waals surface area (Å²) in [7, 11) is 1.64. The number of carbonyl (C=O) groups excluding carboxylic acids is 1. The molecule has 0 saturated heterocycles. The van der Waals surface area contributed by atoms with Gasteiger partial charge in [-0.2, -0.15) is 0 Å². The highest BCUT2D eigenvalue weighted by atomic mass is 16.1. The second kappa shape index (κ2) is 7.45. The summed E-state index contributed by atoms with van der Waals surface area (Å²) in [5.74, 6) is -0.0511. The summed E-state index contributed by atoms with van der Waals surface area (Å²) in [6.07, 6.45) is 6.66. The van der Waals surface area contributed by atoms with Crippen molar-refractivity contribution in [1.29, 1.82) is 0 Å². The zero-order chi connectivity index (χ0) is 14.2. The summed E-state index contributed by atoms with van der Waals surface area (Å²) in [6.45, 7) is 2.75. The first-order valence-electron chi connectivity index (χ1n) is 6.77. The average molecular weight is 272 g/mol. The summed E-state index contributed by atoms with van der Waals surface area (Å²) >= 11 is 0. The van der Waals surface area contributed by atoms with Gasteiger partial charge in [0, 0.05) is 38.1 Å². The molecule has 0 bridgehead atoms. The molecular formula is C15H20N4O. The van der Waals surface area contributed by atoms with Crippen LogP contribution in [0.2, 0.25) is 0 Å². The number of carbonyl (C=O) groups is 1. The molecule has 106 valence electrons. The molecule has 2 N–H and O–H groups in total. The topological polar surface area (TPSA) is 59.0 Å². The largest absolute Gasteiger partial charge is 0.355 e. The van der Waals surface area contributed by atoms with Crippen molar-refractivity contribution in [3.05, 3.63) is 54.1 Å². The Morgan fingerprint density at radius 1 is 1.30 bits per heavy atom. The fraction of sp³-hybridized carbons (Fsp3) is 0.333. The number of benzene rings is 1. The highest BCUT2D eigenvalue weighted by Gasteiger charge is 2.01. The van der Waals surface area contributed by atoms with Gasteiger partial charge in [-0.05, 0) is 30.7 Å². The first-order chi connectivity index (χ1) is 9.79. The number of imidazole rings is 1. The van der Waals surface area contributed by atoms with Crippen LogP contribution in [0.4, 0.5) is 0 Å². The molecule has 0 aliphatic heterocycles. The molecule has 1 aromatic heterocycles. The molecule has 0 aliphatic carbocycles. The van der Waals surface area contributed by atoms with Gasteiger partial charge in [-0.1, -0.05) is 12.1 Å². The molecule has 2 aromatic rings. The van der Waals surface area contributed by atoms with Gasteiger partial charge in [-0.3, -0.25) is 4.79 Å². The number of aryl methyl sites for hydroxylation is 1. The summed E-state index contributed by atoms with van der Waals surface area (Å²) in [5.41, 5.74) is 1.87.